The SMILES string of the molecule is CCC1=C(C)CN(NC(=O)CCc2ccccc2)C1=O. The minimum absolute atomic E-state index is 0.0712. The van der Waals surface area contributed by atoms with Crippen molar-refractivity contribution in [2.75, 3.05) is 6.54 Å². The Labute approximate surface area is 119 Å². The maximum absolute atomic E-state index is 12.0. The average Bonchev–Trinajstić information content (AvgIpc) is 2.72. The first-order valence-electron chi connectivity index (χ1n) is 6.95. The number of hydrogen-bond acceptors (Lipinski definition) is 2. The smallest absolute Gasteiger partial charge is 0.268 e. The van der Waals surface area contributed by atoms with E-state index in [1.807, 2.05) is 44.2 Å². The quantitative estimate of drug-likeness (QED) is 0.893. The molecule has 20 heavy (non-hydrogen) atoms. The van der Waals surface area contributed by atoms with Gasteiger partial charge in [-0.15, -0.1) is 0 Å². The summed E-state index contributed by atoms with van der Waals surface area (Å²) in [6.07, 6.45) is 1.77. The molecule has 1 aromatic carbocycles. The van der Waals surface area contributed by atoms with Gasteiger partial charge in [0.25, 0.3) is 5.91 Å². The predicted molar refractivity (Wildman–Crippen MR) is 77.6 cm³/mol. The lowest BCUT2D eigenvalue weighted by molar-refractivity contribution is -0.137. The van der Waals surface area contributed by atoms with Crippen LogP contribution in [0.1, 0.15) is 32.3 Å². The van der Waals surface area contributed by atoms with Crippen LogP contribution in [0.3, 0.4) is 0 Å². The number of amides is 2. The Morgan fingerprint density at radius 1 is 1.30 bits per heavy atom. The lowest BCUT2D eigenvalue weighted by Crippen LogP contribution is -2.44. The zero-order valence-corrected chi connectivity index (χ0v) is 12.0. The Morgan fingerprint density at radius 2 is 2.00 bits per heavy atom. The molecule has 1 N–H and O–H groups in total. The van der Waals surface area contributed by atoms with Crippen LogP contribution >= 0.6 is 0 Å². The number of aryl methyl sites for hydroxylation is 1. The normalized spacial score (nSPS) is 14.9. The Morgan fingerprint density at radius 3 is 2.60 bits per heavy atom. The molecule has 0 atom stereocenters. The summed E-state index contributed by atoms with van der Waals surface area (Å²) >= 11 is 0. The van der Waals surface area contributed by atoms with Crippen LogP contribution in [0.2, 0.25) is 0 Å². The van der Waals surface area contributed by atoms with Gasteiger partial charge in [-0.05, 0) is 30.9 Å². The second-order valence-corrected chi connectivity index (χ2v) is 5.02. The predicted octanol–water partition coefficient (Wildman–Crippen LogP) is 2.22. The molecule has 2 amide bonds. The fraction of sp³-hybridized carbons (Fsp3) is 0.375. The van der Waals surface area contributed by atoms with Gasteiger partial charge in [0.2, 0.25) is 5.91 Å². The van der Waals surface area contributed by atoms with Crippen LogP contribution in [0.15, 0.2) is 41.5 Å². The second kappa shape index (κ2) is 6.37. The number of nitrogens with one attached hydrogen (secondary N) is 1. The molecular weight excluding hydrogens is 252 g/mol. The summed E-state index contributed by atoms with van der Waals surface area (Å²) in [4.78, 5) is 23.9. The van der Waals surface area contributed by atoms with Crippen molar-refractivity contribution in [2.24, 2.45) is 0 Å². The molecule has 1 heterocycles. The largest absolute Gasteiger partial charge is 0.273 e. The van der Waals surface area contributed by atoms with Crippen LogP contribution < -0.4 is 5.43 Å². The molecule has 1 aromatic rings. The lowest BCUT2D eigenvalue weighted by Gasteiger charge is -2.18. The first-order chi connectivity index (χ1) is 9.61. The highest BCUT2D eigenvalue weighted by atomic mass is 16.2. The van der Waals surface area contributed by atoms with E-state index in [0.717, 1.165) is 16.7 Å². The summed E-state index contributed by atoms with van der Waals surface area (Å²) in [6.45, 7) is 4.39. The Balaban J connectivity index is 1.83. The zero-order chi connectivity index (χ0) is 14.5. The van der Waals surface area contributed by atoms with Gasteiger partial charge < -0.3 is 0 Å². The molecule has 0 spiro atoms. The Bertz CT molecular complexity index is 535. The van der Waals surface area contributed by atoms with Gasteiger partial charge in [0, 0.05) is 12.0 Å². The topological polar surface area (TPSA) is 49.4 Å². The van der Waals surface area contributed by atoms with E-state index in [2.05, 4.69) is 5.43 Å². The van der Waals surface area contributed by atoms with Crippen molar-refractivity contribution in [1.29, 1.82) is 0 Å². The van der Waals surface area contributed by atoms with Crippen molar-refractivity contribution >= 4 is 11.8 Å². The number of benzene rings is 1. The van der Waals surface area contributed by atoms with E-state index in [-0.39, 0.29) is 11.8 Å². The van der Waals surface area contributed by atoms with Crippen LogP contribution in [0, 0.1) is 0 Å². The molecule has 0 saturated carbocycles. The number of rotatable bonds is 5. The third kappa shape index (κ3) is 3.26. The van der Waals surface area contributed by atoms with Crippen LogP contribution in [0.25, 0.3) is 0 Å². The van der Waals surface area contributed by atoms with E-state index in [9.17, 15) is 9.59 Å². The highest BCUT2D eigenvalue weighted by Crippen LogP contribution is 2.19. The summed E-state index contributed by atoms with van der Waals surface area (Å²) in [7, 11) is 0. The highest BCUT2D eigenvalue weighted by Gasteiger charge is 2.27. The van der Waals surface area contributed by atoms with Gasteiger partial charge in [-0.25, -0.2) is 5.01 Å². The molecule has 0 aliphatic carbocycles. The summed E-state index contributed by atoms with van der Waals surface area (Å²) in [6, 6.07) is 9.85. The monoisotopic (exact) mass is 272 g/mol. The summed E-state index contributed by atoms with van der Waals surface area (Å²) in [5.41, 5.74) is 5.68. The fourth-order valence-electron chi connectivity index (χ4n) is 2.40. The Kier molecular flexibility index (Phi) is 4.56. The van der Waals surface area contributed by atoms with E-state index >= 15 is 0 Å². The molecule has 0 radical (unpaired) electrons. The molecule has 0 saturated heterocycles. The van der Waals surface area contributed by atoms with Gasteiger partial charge in [-0.3, -0.25) is 15.0 Å². The van der Waals surface area contributed by atoms with Gasteiger partial charge >= 0.3 is 0 Å². The molecule has 1 aliphatic rings. The van der Waals surface area contributed by atoms with Gasteiger partial charge in [-0.2, -0.15) is 0 Å². The highest BCUT2D eigenvalue weighted by molar-refractivity contribution is 5.97. The van der Waals surface area contributed by atoms with Crippen molar-refractivity contribution in [1.82, 2.24) is 10.4 Å². The lowest BCUT2D eigenvalue weighted by atomic mass is 10.1. The van der Waals surface area contributed by atoms with E-state index in [0.29, 0.717) is 25.8 Å². The number of hydrazine groups is 1. The number of nitrogens with zero attached hydrogens (tertiary/aromatic N) is 1. The number of carbonyl (C=O) groups is 2. The maximum atomic E-state index is 12.0. The van der Waals surface area contributed by atoms with E-state index in [1.165, 1.54) is 5.01 Å². The first-order valence-corrected chi connectivity index (χ1v) is 6.95. The second-order valence-electron chi connectivity index (χ2n) is 5.02. The van der Waals surface area contributed by atoms with E-state index in [1.54, 1.807) is 0 Å². The van der Waals surface area contributed by atoms with Gasteiger partial charge in [0.15, 0.2) is 0 Å². The minimum Gasteiger partial charge on any atom is -0.273 e. The van der Waals surface area contributed by atoms with Crippen LogP contribution in [0.4, 0.5) is 0 Å². The molecule has 1 aliphatic heterocycles. The van der Waals surface area contributed by atoms with Crippen LogP contribution in [-0.4, -0.2) is 23.4 Å². The summed E-state index contributed by atoms with van der Waals surface area (Å²) in [5.74, 6) is -0.189. The van der Waals surface area contributed by atoms with E-state index in [4.69, 9.17) is 0 Å². The first kappa shape index (κ1) is 14.3. The van der Waals surface area contributed by atoms with Gasteiger partial charge in [0.1, 0.15) is 0 Å². The molecule has 0 unspecified atom stereocenters. The molecular formula is C16H20N2O2. The zero-order valence-electron chi connectivity index (χ0n) is 12.0. The van der Waals surface area contributed by atoms with Crippen molar-refractivity contribution in [2.45, 2.75) is 33.1 Å². The standard InChI is InChI=1S/C16H20N2O2/c1-3-14-12(2)11-18(16(14)20)17-15(19)10-9-13-7-5-4-6-8-13/h4-8H,3,9-11H2,1-2H3,(H,17,19). The summed E-state index contributed by atoms with van der Waals surface area (Å²) in [5, 5.41) is 1.42. The maximum Gasteiger partial charge on any atom is 0.268 e. The Hall–Kier alpha value is -2.10. The fourth-order valence-corrected chi connectivity index (χ4v) is 2.40. The van der Waals surface area contributed by atoms with Crippen LogP contribution in [-0.2, 0) is 16.0 Å². The minimum atomic E-state index is -0.118. The van der Waals surface area contributed by atoms with E-state index < -0.39 is 0 Å². The molecule has 2 rings (SSSR count). The summed E-state index contributed by atoms with van der Waals surface area (Å²) < 4.78 is 0. The van der Waals surface area contributed by atoms with Gasteiger partial charge in [0.05, 0.1) is 6.54 Å². The molecule has 0 aromatic heterocycles. The third-order valence-corrected chi connectivity index (χ3v) is 3.51. The molecule has 4 heteroatoms. The van der Waals surface area contributed by atoms with Crippen molar-refractivity contribution in [3.8, 4) is 0 Å². The number of carbonyl (C=O) groups excluding carboxylic acids is 2. The molecule has 106 valence electrons. The van der Waals surface area contributed by atoms with Crippen molar-refractivity contribution in [3.05, 3.63) is 47.0 Å². The number of hydrogen-bond donors (Lipinski definition) is 1. The molecule has 0 fully saturated rings. The molecule has 0 bridgehead atoms. The van der Waals surface area contributed by atoms with Crippen LogP contribution in [0.5, 0.6) is 0 Å². The average molecular weight is 272 g/mol. The van der Waals surface area contributed by atoms with Gasteiger partial charge in [-0.1, -0.05) is 37.3 Å². The third-order valence-electron chi connectivity index (χ3n) is 3.51. The van der Waals surface area contributed by atoms with Crippen molar-refractivity contribution < 1.29 is 9.59 Å². The van der Waals surface area contributed by atoms with Crippen molar-refractivity contribution in [3.63, 3.8) is 0 Å². The molecule has 4 nitrogen and oxygen atoms in total.